The molecular formula is C50H90NO7+. The van der Waals surface area contributed by atoms with Gasteiger partial charge in [-0.15, -0.1) is 0 Å². The van der Waals surface area contributed by atoms with Gasteiger partial charge in [-0.1, -0.05) is 172 Å². The van der Waals surface area contributed by atoms with Crippen LogP contribution in [0.4, 0.5) is 0 Å². The molecule has 0 heterocycles. The Balaban J connectivity index is 4.26. The monoisotopic (exact) mass is 817 g/mol. The number of rotatable bonds is 42. The molecule has 58 heavy (non-hydrogen) atoms. The van der Waals surface area contributed by atoms with Crippen LogP contribution in [0.2, 0.25) is 0 Å². The van der Waals surface area contributed by atoms with E-state index >= 15 is 0 Å². The summed E-state index contributed by atoms with van der Waals surface area (Å²) in [7, 11) is 5.52. The molecule has 0 fully saturated rings. The summed E-state index contributed by atoms with van der Waals surface area (Å²) in [5.41, 5.74) is 0. The van der Waals surface area contributed by atoms with E-state index in [0.717, 1.165) is 64.2 Å². The predicted octanol–water partition coefficient (Wildman–Crippen LogP) is 13.2. The molecule has 336 valence electrons. The summed E-state index contributed by atoms with van der Waals surface area (Å²) in [5, 5.41) is 9.62. The molecule has 0 aliphatic heterocycles. The van der Waals surface area contributed by atoms with Crippen molar-refractivity contribution in [2.45, 2.75) is 212 Å². The van der Waals surface area contributed by atoms with Crippen molar-refractivity contribution < 1.29 is 38.2 Å². The van der Waals surface area contributed by atoms with Crippen LogP contribution in [-0.2, 0) is 28.6 Å². The highest BCUT2D eigenvalue weighted by molar-refractivity contribution is 5.72. The van der Waals surface area contributed by atoms with E-state index in [1.807, 2.05) is 27.2 Å². The first-order valence-corrected chi connectivity index (χ1v) is 23.7. The van der Waals surface area contributed by atoms with Crippen LogP contribution in [0.3, 0.4) is 0 Å². The van der Waals surface area contributed by atoms with Gasteiger partial charge in [-0.3, -0.25) is 9.59 Å². The number of hydrogen-bond acceptors (Lipinski definition) is 6. The number of nitrogens with zero attached hydrogens (tertiary/aromatic N) is 1. The number of likely N-dealkylation sites (N-methyl/N-ethyl adjacent to an activating group) is 1. The summed E-state index contributed by atoms with van der Waals surface area (Å²) in [6.07, 6.45) is 48.8. The van der Waals surface area contributed by atoms with Crippen molar-refractivity contribution in [3.8, 4) is 0 Å². The summed E-state index contributed by atoms with van der Waals surface area (Å²) in [6.45, 7) is 4.59. The van der Waals surface area contributed by atoms with Crippen molar-refractivity contribution in [2.24, 2.45) is 0 Å². The van der Waals surface area contributed by atoms with Gasteiger partial charge in [-0.2, -0.15) is 0 Å². The van der Waals surface area contributed by atoms with Crippen molar-refractivity contribution >= 4 is 17.9 Å². The highest BCUT2D eigenvalue weighted by atomic mass is 16.6. The van der Waals surface area contributed by atoms with Gasteiger partial charge in [0, 0.05) is 19.3 Å². The molecule has 8 nitrogen and oxygen atoms in total. The van der Waals surface area contributed by atoms with Crippen LogP contribution in [0.15, 0.2) is 48.6 Å². The fraction of sp³-hybridized carbons (Fsp3) is 0.780. The Kier molecular flexibility index (Phi) is 39.1. The number of quaternary nitrogens is 1. The van der Waals surface area contributed by atoms with E-state index in [9.17, 15) is 19.5 Å². The minimum Gasteiger partial charge on any atom is -0.477 e. The number of carbonyl (C=O) groups is 3. The van der Waals surface area contributed by atoms with Gasteiger partial charge >= 0.3 is 17.9 Å². The maximum absolute atomic E-state index is 12.7. The van der Waals surface area contributed by atoms with Gasteiger partial charge < -0.3 is 23.8 Å². The minimum atomic E-state index is -0.880. The zero-order valence-electron chi connectivity index (χ0n) is 38.2. The number of esters is 2. The molecule has 2 unspecified atom stereocenters. The lowest BCUT2D eigenvalue weighted by Gasteiger charge is -2.31. The molecule has 0 bridgehead atoms. The maximum atomic E-state index is 12.7. The first-order valence-electron chi connectivity index (χ1n) is 23.7. The number of allylic oxidation sites excluding steroid dienone is 8. The van der Waals surface area contributed by atoms with Gasteiger partial charge in [0.05, 0.1) is 34.4 Å². The number of hydrogen-bond donors (Lipinski definition) is 1. The van der Waals surface area contributed by atoms with E-state index in [1.54, 1.807) is 0 Å². The topological polar surface area (TPSA) is 99.1 Å². The summed E-state index contributed by atoms with van der Waals surface area (Å²) >= 11 is 0. The second-order valence-corrected chi connectivity index (χ2v) is 17.0. The molecule has 0 rings (SSSR count). The average Bonchev–Trinajstić information content (AvgIpc) is 3.18. The maximum Gasteiger partial charge on any atom is 0.362 e. The molecule has 0 radical (unpaired) electrons. The summed E-state index contributed by atoms with van der Waals surface area (Å²) in [6, 6.07) is -0.620. The third kappa shape index (κ3) is 38.8. The zero-order chi connectivity index (χ0) is 42.8. The molecule has 0 saturated heterocycles. The molecule has 0 aromatic heterocycles. The number of carboxylic acid groups (broad SMARTS) is 1. The summed E-state index contributed by atoms with van der Waals surface area (Å²) < 4.78 is 17.3. The van der Waals surface area contributed by atoms with Crippen molar-refractivity contribution in [2.75, 3.05) is 41.0 Å². The fourth-order valence-electron chi connectivity index (χ4n) is 6.85. The third-order valence-corrected chi connectivity index (χ3v) is 10.5. The average molecular weight is 817 g/mol. The Morgan fingerprint density at radius 1 is 0.534 bits per heavy atom. The molecule has 0 aliphatic carbocycles. The Morgan fingerprint density at radius 2 is 0.983 bits per heavy atom. The van der Waals surface area contributed by atoms with E-state index < -0.39 is 18.1 Å². The molecule has 0 spiro atoms. The van der Waals surface area contributed by atoms with Gasteiger partial charge in [0.15, 0.2) is 12.1 Å². The number of carboxylic acids is 1. The molecule has 2 atom stereocenters. The Bertz CT molecular complexity index is 1090. The molecule has 0 aromatic rings. The van der Waals surface area contributed by atoms with Gasteiger partial charge in [-0.25, -0.2) is 4.79 Å². The van der Waals surface area contributed by atoms with Crippen LogP contribution >= 0.6 is 0 Å². The minimum absolute atomic E-state index is 0.0508. The van der Waals surface area contributed by atoms with Crippen LogP contribution in [0.1, 0.15) is 200 Å². The fourth-order valence-corrected chi connectivity index (χ4v) is 6.85. The molecule has 0 aliphatic rings. The number of ether oxygens (including phenoxy) is 3. The first kappa shape index (κ1) is 55.3. The molecule has 0 amide bonds. The molecule has 8 heteroatoms. The Hall–Kier alpha value is -2.71. The zero-order valence-corrected chi connectivity index (χ0v) is 38.2. The molecule has 1 N–H and O–H groups in total. The second-order valence-electron chi connectivity index (χ2n) is 17.0. The van der Waals surface area contributed by atoms with Crippen LogP contribution in [0.5, 0.6) is 0 Å². The van der Waals surface area contributed by atoms with Gasteiger partial charge in [0.1, 0.15) is 6.61 Å². The lowest BCUT2D eigenvalue weighted by Crippen LogP contribution is -2.50. The standard InChI is InChI=1S/C50H89NO7/c1-6-8-10-12-14-16-18-20-21-22-23-24-25-26-27-29-30-32-34-36-38-40-48(52)57-45-46(44-56-43-42-47(50(54)55)51(3,4)5)58-49(53)41-39-37-35-33-31-28-19-17-15-13-11-9-7-2/h9,11,13,15,17,19,24-25,46-47H,6-8,10,12,14,16,18,20-23,26-45H2,1-5H3/p+1/b11-9+,15-13+,19-17+,25-24+. The Morgan fingerprint density at radius 3 is 1.47 bits per heavy atom. The lowest BCUT2D eigenvalue weighted by atomic mass is 10.1. The van der Waals surface area contributed by atoms with Gasteiger partial charge in [-0.05, 0) is 57.8 Å². The van der Waals surface area contributed by atoms with E-state index in [4.69, 9.17) is 14.2 Å². The lowest BCUT2D eigenvalue weighted by molar-refractivity contribution is -0.887. The van der Waals surface area contributed by atoms with Crippen LogP contribution in [-0.4, -0.2) is 80.6 Å². The molecule has 0 aromatic carbocycles. The normalized spacial score (nSPS) is 13.3. The number of unbranched alkanes of at least 4 members (excludes halogenated alkanes) is 22. The van der Waals surface area contributed by atoms with Crippen molar-refractivity contribution in [3.63, 3.8) is 0 Å². The smallest absolute Gasteiger partial charge is 0.362 e. The second kappa shape index (κ2) is 41.0. The third-order valence-electron chi connectivity index (χ3n) is 10.5. The highest BCUT2D eigenvalue weighted by Gasteiger charge is 2.31. The SMILES string of the molecule is CC/C=C/C=C/C=C/CCCCCCCC(=O)OC(COCCC(C(=O)O)[N+](C)(C)C)COC(=O)CCCCCCCCC/C=C/CCCCCCCCCCCC. The van der Waals surface area contributed by atoms with Gasteiger partial charge in [0.2, 0.25) is 0 Å². The highest BCUT2D eigenvalue weighted by Crippen LogP contribution is 2.15. The summed E-state index contributed by atoms with van der Waals surface area (Å²) in [5.74, 6) is -1.50. The largest absolute Gasteiger partial charge is 0.477 e. The van der Waals surface area contributed by atoms with E-state index in [1.165, 1.54) is 103 Å². The quantitative estimate of drug-likeness (QED) is 0.0215. The van der Waals surface area contributed by atoms with Crippen LogP contribution in [0.25, 0.3) is 0 Å². The van der Waals surface area contributed by atoms with E-state index in [2.05, 4.69) is 56.4 Å². The molecular weight excluding hydrogens is 727 g/mol. The predicted molar refractivity (Wildman–Crippen MR) is 243 cm³/mol. The first-order chi connectivity index (χ1) is 28.1. The summed E-state index contributed by atoms with van der Waals surface area (Å²) in [4.78, 5) is 37.0. The van der Waals surface area contributed by atoms with Crippen molar-refractivity contribution in [1.82, 2.24) is 0 Å². The Labute approximate surface area is 356 Å². The van der Waals surface area contributed by atoms with E-state index in [-0.39, 0.29) is 36.2 Å². The van der Waals surface area contributed by atoms with Crippen LogP contribution in [0, 0.1) is 0 Å². The number of carbonyl (C=O) groups excluding carboxylic acids is 2. The molecule has 0 saturated carbocycles. The van der Waals surface area contributed by atoms with Crippen LogP contribution < -0.4 is 0 Å². The van der Waals surface area contributed by atoms with Crippen molar-refractivity contribution in [1.29, 1.82) is 0 Å². The number of aliphatic carboxylic acids is 1. The van der Waals surface area contributed by atoms with Crippen molar-refractivity contribution in [3.05, 3.63) is 48.6 Å². The van der Waals surface area contributed by atoms with E-state index in [0.29, 0.717) is 19.3 Å². The van der Waals surface area contributed by atoms with Gasteiger partial charge in [0.25, 0.3) is 0 Å².